The maximum atomic E-state index is 11.7. The van der Waals surface area contributed by atoms with E-state index in [1.54, 1.807) is 19.6 Å². The Kier molecular flexibility index (Phi) is 15.3. The van der Waals surface area contributed by atoms with E-state index in [1.807, 2.05) is 0 Å². The normalized spacial score (nSPS) is 18.4. The Balaban J connectivity index is 0.00000841. The molecule has 0 spiro atoms. The summed E-state index contributed by atoms with van der Waals surface area (Å²) < 4.78 is 4.68. The molecule has 0 amide bonds. The van der Waals surface area contributed by atoms with Crippen LogP contribution in [0.15, 0.2) is 0 Å². The maximum Gasteiger partial charge on any atom is 0.319 e. The third kappa shape index (κ3) is 13.4. The third-order valence-corrected chi connectivity index (χ3v) is 4.57. The first-order valence-corrected chi connectivity index (χ1v) is 9.25. The molecule has 1 rings (SSSR count). The van der Waals surface area contributed by atoms with Crippen molar-refractivity contribution in [3.8, 4) is 0 Å². The Hall–Kier alpha value is -0.955. The smallest absolute Gasteiger partial charge is 0.319 e. The molecule has 0 N–H and O–H groups in total. The number of rotatable bonds is 8. The van der Waals surface area contributed by atoms with E-state index in [2.05, 4.69) is 4.74 Å². The first-order chi connectivity index (χ1) is 13.7. The fraction of sp³-hybridized carbons (Fsp3) is 0.765. The molecule has 0 radical (unpaired) electrons. The summed E-state index contributed by atoms with van der Waals surface area (Å²) >= 11 is 0. The Bertz CT molecular complexity index is 548. The van der Waals surface area contributed by atoms with Crippen LogP contribution in [0.3, 0.4) is 0 Å². The summed E-state index contributed by atoms with van der Waals surface area (Å²) in [6.07, 6.45) is 0. The van der Waals surface area contributed by atoms with E-state index in [0.29, 0.717) is 26.2 Å². The first-order valence-electron chi connectivity index (χ1n) is 9.25. The first kappa shape index (κ1) is 29.0. The molecule has 1 aliphatic heterocycles. The van der Waals surface area contributed by atoms with Crippen LogP contribution < -0.4 is 15.3 Å². The van der Waals surface area contributed by atoms with Crippen LogP contribution >= 0.6 is 0 Å². The zero-order valence-corrected chi connectivity index (χ0v) is 19.2. The zero-order valence-electron chi connectivity index (χ0n) is 16.9. The van der Waals surface area contributed by atoms with E-state index in [9.17, 15) is 34.5 Å². The Morgan fingerprint density at radius 2 is 0.833 bits per heavy atom. The summed E-state index contributed by atoms with van der Waals surface area (Å²) in [7, 11) is 1.26. The number of esters is 1. The molecule has 0 unspecified atom stereocenters. The van der Waals surface area contributed by atoms with Gasteiger partial charge in [0.1, 0.15) is 0 Å². The van der Waals surface area contributed by atoms with Crippen molar-refractivity contribution in [3.63, 3.8) is 0 Å². The van der Waals surface area contributed by atoms with Crippen LogP contribution in [0, 0.1) is 39.9 Å². The molecule has 0 aromatic rings. The number of carbonyl (C=O) groups is 4. The van der Waals surface area contributed by atoms with Crippen LogP contribution in [0.5, 0.6) is 0 Å². The quantitative estimate of drug-likeness (QED) is 0.254. The monoisotopic (exact) mass is 573 g/mol. The molecule has 0 aromatic carbocycles. The van der Waals surface area contributed by atoms with Crippen molar-refractivity contribution in [2.24, 2.45) is 0 Å². The number of hydrogen-bond acceptors (Lipinski definition) is 12. The van der Waals surface area contributed by atoms with Crippen LogP contribution in [0.1, 0.15) is 0 Å². The number of methoxy groups -OCH3 is 1. The minimum atomic E-state index is -1.28. The standard InChI is InChI=1S/C17H30N4O8.Gd/c1-29-17(28)13-21-8-6-19(11-15(24)25)4-2-18(10-14(22)23)3-5-20(7-9-21)12-16(26)27;/h2-13H2,1H3,(H,22,23)(H,24,25)(H,26,27);/p-3. The van der Waals surface area contributed by atoms with Crippen molar-refractivity contribution in [1.82, 2.24) is 19.6 Å². The van der Waals surface area contributed by atoms with Crippen LogP contribution in [0.4, 0.5) is 0 Å². The number of carboxylic acid groups (broad SMARTS) is 3. The van der Waals surface area contributed by atoms with Gasteiger partial charge in [0.25, 0.3) is 0 Å². The average Bonchev–Trinajstić information content (AvgIpc) is 2.62. The minimum absolute atomic E-state index is 0. The van der Waals surface area contributed by atoms with Crippen LogP contribution in [0.2, 0.25) is 0 Å². The fourth-order valence-electron chi connectivity index (χ4n) is 3.01. The average molecular weight is 573 g/mol. The van der Waals surface area contributed by atoms with Crippen molar-refractivity contribution in [1.29, 1.82) is 0 Å². The molecule has 1 aliphatic rings. The molecular weight excluding hydrogens is 545 g/mol. The van der Waals surface area contributed by atoms with Gasteiger partial charge in [-0.1, -0.05) is 0 Å². The Morgan fingerprint density at radius 3 is 1.03 bits per heavy atom. The van der Waals surface area contributed by atoms with Gasteiger partial charge in [0.2, 0.25) is 0 Å². The SMILES string of the molecule is COC(=O)CN1CCN(CC(=O)[O-])CCN(CC(=O)[O-])CCN(CC(=O)[O-])CC1.[Gd]. The van der Waals surface area contributed by atoms with E-state index in [1.165, 1.54) is 7.11 Å². The van der Waals surface area contributed by atoms with Crippen LogP contribution in [0.25, 0.3) is 0 Å². The molecule has 1 saturated heterocycles. The van der Waals surface area contributed by atoms with Crippen molar-refractivity contribution in [2.45, 2.75) is 0 Å². The Labute approximate surface area is 207 Å². The van der Waals surface area contributed by atoms with Crippen LogP contribution in [-0.4, -0.2) is 129 Å². The number of aliphatic carboxylic acids is 3. The zero-order chi connectivity index (χ0) is 21.8. The largest absolute Gasteiger partial charge is 0.549 e. The molecule has 1 fully saturated rings. The van der Waals surface area contributed by atoms with Gasteiger partial charge in [0.05, 0.1) is 31.6 Å². The van der Waals surface area contributed by atoms with Crippen molar-refractivity contribution in [3.05, 3.63) is 0 Å². The topological polar surface area (TPSA) is 160 Å². The van der Waals surface area contributed by atoms with Gasteiger partial charge >= 0.3 is 5.97 Å². The van der Waals surface area contributed by atoms with Gasteiger partial charge < -0.3 is 34.4 Å². The molecule has 0 bridgehead atoms. The summed E-state index contributed by atoms with van der Waals surface area (Å²) in [5.41, 5.74) is 0. The molecule has 174 valence electrons. The second-order valence-corrected chi connectivity index (χ2v) is 6.80. The van der Waals surface area contributed by atoms with Gasteiger partial charge in [-0.15, -0.1) is 0 Å². The molecule has 1 heterocycles. The molecule has 13 heteroatoms. The molecule has 30 heavy (non-hydrogen) atoms. The van der Waals surface area contributed by atoms with E-state index in [0.717, 1.165) is 0 Å². The van der Waals surface area contributed by atoms with Gasteiger partial charge in [-0.25, -0.2) is 0 Å². The summed E-state index contributed by atoms with van der Waals surface area (Å²) in [6, 6.07) is 0. The van der Waals surface area contributed by atoms with E-state index in [-0.39, 0.29) is 92.3 Å². The van der Waals surface area contributed by atoms with Gasteiger partial charge in [-0.2, -0.15) is 0 Å². The minimum Gasteiger partial charge on any atom is -0.549 e. The predicted octanol–water partition coefficient (Wildman–Crippen LogP) is -6.37. The summed E-state index contributed by atoms with van der Waals surface area (Å²) in [4.78, 5) is 51.2. The maximum absolute atomic E-state index is 11.7. The van der Waals surface area contributed by atoms with Crippen LogP contribution in [-0.2, 0) is 23.9 Å². The Morgan fingerprint density at radius 1 is 0.600 bits per heavy atom. The second kappa shape index (κ2) is 15.8. The van der Waals surface area contributed by atoms with E-state index < -0.39 is 23.9 Å². The molecular formula is C17H27GdN4O8-3. The molecule has 0 saturated carbocycles. The van der Waals surface area contributed by atoms with Crippen molar-refractivity contribution < 1.29 is 79.2 Å². The fourth-order valence-corrected chi connectivity index (χ4v) is 3.01. The summed E-state index contributed by atoms with van der Waals surface area (Å²) in [5, 5.41) is 33.0. The predicted molar refractivity (Wildman–Crippen MR) is 92.8 cm³/mol. The molecule has 0 aliphatic carbocycles. The van der Waals surface area contributed by atoms with Gasteiger partial charge in [-0.05, 0) is 0 Å². The van der Waals surface area contributed by atoms with E-state index in [4.69, 9.17) is 0 Å². The van der Waals surface area contributed by atoms with Gasteiger partial charge in [-0.3, -0.25) is 24.4 Å². The van der Waals surface area contributed by atoms with E-state index >= 15 is 0 Å². The summed E-state index contributed by atoms with van der Waals surface area (Å²) in [6.45, 7) is 1.23. The molecule has 0 aromatic heterocycles. The second-order valence-electron chi connectivity index (χ2n) is 6.80. The van der Waals surface area contributed by atoms with Crippen molar-refractivity contribution >= 4 is 23.9 Å². The number of carboxylic acids is 3. The summed E-state index contributed by atoms with van der Waals surface area (Å²) in [5.74, 6) is -4.26. The number of carbonyl (C=O) groups excluding carboxylic acids is 4. The number of hydrogen-bond donors (Lipinski definition) is 0. The van der Waals surface area contributed by atoms with Crippen molar-refractivity contribution in [2.75, 3.05) is 85.6 Å². The van der Waals surface area contributed by atoms with Gasteiger partial charge in [0.15, 0.2) is 0 Å². The number of ether oxygens (including phenoxy) is 1. The third-order valence-electron chi connectivity index (χ3n) is 4.57. The van der Waals surface area contributed by atoms with Gasteiger partial charge in [0, 0.05) is 112 Å². The molecule has 0 atom stereocenters. The number of nitrogens with zero attached hydrogens (tertiary/aromatic N) is 4. The molecule has 12 nitrogen and oxygen atoms in total.